The third kappa shape index (κ3) is 3.50. The van der Waals surface area contributed by atoms with E-state index < -0.39 is 6.10 Å². The average molecular weight is 369 g/mol. The standard InChI is InChI=1S/C21H27N3O3/c1-13(2)24-18-8-6-5-7-16(18)20-14(3)17(9-10-19(20)24)22-21(27)23(4)11-15(26)12-25/h5-10,13,15,25-26H,11-12H2,1-4H3,(H,22,27). The second kappa shape index (κ2) is 7.58. The molecule has 0 saturated carbocycles. The number of para-hydroxylation sites is 1. The van der Waals surface area contributed by atoms with E-state index in [2.05, 4.69) is 35.9 Å². The van der Waals surface area contributed by atoms with Gasteiger partial charge in [0.05, 0.1) is 19.3 Å². The van der Waals surface area contributed by atoms with Crippen molar-refractivity contribution in [3.63, 3.8) is 0 Å². The number of aromatic nitrogens is 1. The van der Waals surface area contributed by atoms with Crippen LogP contribution in [0.3, 0.4) is 0 Å². The summed E-state index contributed by atoms with van der Waals surface area (Å²) in [4.78, 5) is 13.8. The minimum atomic E-state index is -0.951. The predicted molar refractivity (Wildman–Crippen MR) is 109 cm³/mol. The quantitative estimate of drug-likeness (QED) is 0.644. The fraction of sp³-hybridized carbons (Fsp3) is 0.381. The van der Waals surface area contributed by atoms with Crippen LogP contribution in [0.15, 0.2) is 36.4 Å². The number of aryl methyl sites for hydroxylation is 1. The van der Waals surface area contributed by atoms with E-state index in [1.165, 1.54) is 15.8 Å². The first-order valence-corrected chi connectivity index (χ1v) is 9.18. The molecule has 0 spiro atoms. The van der Waals surface area contributed by atoms with E-state index in [4.69, 9.17) is 5.11 Å². The molecule has 3 rings (SSSR count). The fourth-order valence-electron chi connectivity index (χ4n) is 3.62. The number of carbonyl (C=O) groups is 1. The molecule has 0 aliphatic heterocycles. The van der Waals surface area contributed by atoms with Gasteiger partial charge in [-0.25, -0.2) is 4.79 Å². The van der Waals surface area contributed by atoms with E-state index in [0.717, 1.165) is 22.2 Å². The number of fused-ring (bicyclic) bond motifs is 3. The molecule has 2 amide bonds. The van der Waals surface area contributed by atoms with Gasteiger partial charge in [0.2, 0.25) is 0 Å². The molecule has 0 radical (unpaired) electrons. The molecule has 0 fully saturated rings. The maximum Gasteiger partial charge on any atom is 0.321 e. The van der Waals surface area contributed by atoms with Crippen LogP contribution in [0.2, 0.25) is 0 Å². The number of benzene rings is 2. The molecule has 1 heterocycles. The van der Waals surface area contributed by atoms with Gasteiger partial charge in [-0.15, -0.1) is 0 Å². The number of carbonyl (C=O) groups excluding carboxylic acids is 1. The first-order valence-electron chi connectivity index (χ1n) is 9.18. The summed E-state index contributed by atoms with van der Waals surface area (Å²) in [6.45, 7) is 6.03. The van der Waals surface area contributed by atoms with Crippen LogP contribution >= 0.6 is 0 Å². The Morgan fingerprint density at radius 1 is 1.19 bits per heavy atom. The van der Waals surface area contributed by atoms with E-state index in [9.17, 15) is 9.90 Å². The minimum absolute atomic E-state index is 0.0658. The van der Waals surface area contributed by atoms with Gasteiger partial charge in [0.1, 0.15) is 0 Å². The van der Waals surface area contributed by atoms with Crippen LogP contribution in [-0.4, -0.2) is 52.0 Å². The highest BCUT2D eigenvalue weighted by Gasteiger charge is 2.18. The van der Waals surface area contributed by atoms with Crippen LogP contribution in [0.4, 0.5) is 10.5 Å². The SMILES string of the molecule is Cc1c(NC(=O)N(C)CC(O)CO)ccc2c1c1ccccc1n2C(C)C. The Morgan fingerprint density at radius 3 is 2.56 bits per heavy atom. The zero-order chi connectivity index (χ0) is 19.7. The van der Waals surface area contributed by atoms with Gasteiger partial charge < -0.3 is 25.0 Å². The largest absolute Gasteiger partial charge is 0.394 e. The third-order valence-corrected chi connectivity index (χ3v) is 4.94. The van der Waals surface area contributed by atoms with Crippen LogP contribution in [0, 0.1) is 6.92 Å². The number of hydrogen-bond acceptors (Lipinski definition) is 3. The molecule has 27 heavy (non-hydrogen) atoms. The highest BCUT2D eigenvalue weighted by molar-refractivity contribution is 6.12. The zero-order valence-corrected chi connectivity index (χ0v) is 16.2. The maximum absolute atomic E-state index is 12.4. The number of likely N-dealkylation sites (N-methyl/N-ethyl adjacent to an activating group) is 1. The number of hydrogen-bond donors (Lipinski definition) is 3. The molecule has 3 aromatic rings. The van der Waals surface area contributed by atoms with Gasteiger partial charge in [0, 0.05) is 40.6 Å². The van der Waals surface area contributed by atoms with E-state index in [1.807, 2.05) is 31.2 Å². The number of amides is 2. The predicted octanol–water partition coefficient (Wildman–Crippen LogP) is 3.50. The summed E-state index contributed by atoms with van der Waals surface area (Å²) in [6.07, 6.45) is -0.951. The fourth-order valence-corrected chi connectivity index (χ4v) is 3.62. The van der Waals surface area contributed by atoms with E-state index in [-0.39, 0.29) is 19.2 Å². The Balaban J connectivity index is 2.03. The smallest absolute Gasteiger partial charge is 0.321 e. The second-order valence-corrected chi connectivity index (χ2v) is 7.26. The topological polar surface area (TPSA) is 77.7 Å². The van der Waals surface area contributed by atoms with Crippen LogP contribution in [0.5, 0.6) is 0 Å². The van der Waals surface area contributed by atoms with Crippen molar-refractivity contribution in [1.82, 2.24) is 9.47 Å². The number of rotatable bonds is 5. The van der Waals surface area contributed by atoms with Crippen molar-refractivity contribution in [3.05, 3.63) is 42.0 Å². The van der Waals surface area contributed by atoms with Crippen LogP contribution in [-0.2, 0) is 0 Å². The molecule has 6 nitrogen and oxygen atoms in total. The number of nitrogens with one attached hydrogen (secondary N) is 1. The van der Waals surface area contributed by atoms with Gasteiger partial charge in [0.15, 0.2) is 0 Å². The summed E-state index contributed by atoms with van der Waals surface area (Å²) in [5.74, 6) is 0. The highest BCUT2D eigenvalue weighted by Crippen LogP contribution is 2.36. The van der Waals surface area contributed by atoms with Crippen LogP contribution in [0.1, 0.15) is 25.5 Å². The number of aliphatic hydroxyl groups excluding tert-OH is 2. The molecule has 0 aliphatic carbocycles. The van der Waals surface area contributed by atoms with Crippen molar-refractivity contribution in [2.75, 3.05) is 25.5 Å². The van der Waals surface area contributed by atoms with E-state index in [0.29, 0.717) is 6.04 Å². The number of aliphatic hydroxyl groups is 2. The average Bonchev–Trinajstić information content (AvgIpc) is 2.98. The van der Waals surface area contributed by atoms with Crippen molar-refractivity contribution >= 4 is 33.5 Å². The van der Waals surface area contributed by atoms with Crippen LogP contribution in [0.25, 0.3) is 21.8 Å². The first kappa shape index (κ1) is 19.2. The van der Waals surface area contributed by atoms with Gasteiger partial charge in [-0.2, -0.15) is 0 Å². The van der Waals surface area contributed by atoms with Gasteiger partial charge >= 0.3 is 6.03 Å². The summed E-state index contributed by atoms with van der Waals surface area (Å²) in [7, 11) is 1.59. The monoisotopic (exact) mass is 369 g/mol. The Labute approximate surface area is 159 Å². The first-order chi connectivity index (χ1) is 12.8. The molecule has 0 aliphatic rings. The molecular formula is C21H27N3O3. The van der Waals surface area contributed by atoms with E-state index in [1.54, 1.807) is 7.05 Å². The number of anilines is 1. The molecule has 1 aromatic heterocycles. The summed E-state index contributed by atoms with van der Waals surface area (Å²) in [5, 5.41) is 23.7. The molecule has 0 bridgehead atoms. The normalized spacial score (nSPS) is 12.7. The molecule has 6 heteroatoms. The number of urea groups is 1. The van der Waals surface area contributed by atoms with Crippen molar-refractivity contribution in [2.24, 2.45) is 0 Å². The van der Waals surface area contributed by atoms with Gasteiger partial charge in [-0.3, -0.25) is 0 Å². The Morgan fingerprint density at radius 2 is 1.89 bits per heavy atom. The molecule has 1 atom stereocenters. The summed E-state index contributed by atoms with van der Waals surface area (Å²) in [5.41, 5.74) is 4.07. The van der Waals surface area contributed by atoms with Gasteiger partial charge in [-0.05, 0) is 44.5 Å². The lowest BCUT2D eigenvalue weighted by atomic mass is 10.1. The van der Waals surface area contributed by atoms with Crippen molar-refractivity contribution in [1.29, 1.82) is 0 Å². The van der Waals surface area contributed by atoms with Crippen molar-refractivity contribution in [3.8, 4) is 0 Å². The lowest BCUT2D eigenvalue weighted by Gasteiger charge is -2.21. The van der Waals surface area contributed by atoms with Gasteiger partial charge in [-0.1, -0.05) is 18.2 Å². The Kier molecular flexibility index (Phi) is 5.39. The third-order valence-electron chi connectivity index (χ3n) is 4.94. The molecule has 0 saturated heterocycles. The Bertz CT molecular complexity index is 978. The lowest BCUT2D eigenvalue weighted by Crippen LogP contribution is -2.38. The molecular weight excluding hydrogens is 342 g/mol. The molecule has 144 valence electrons. The highest BCUT2D eigenvalue weighted by atomic mass is 16.3. The second-order valence-electron chi connectivity index (χ2n) is 7.26. The summed E-state index contributed by atoms with van der Waals surface area (Å²) < 4.78 is 2.31. The molecule has 2 aromatic carbocycles. The van der Waals surface area contributed by atoms with Crippen LogP contribution < -0.4 is 5.32 Å². The number of nitrogens with zero attached hydrogens (tertiary/aromatic N) is 2. The lowest BCUT2D eigenvalue weighted by molar-refractivity contribution is 0.0750. The minimum Gasteiger partial charge on any atom is -0.394 e. The van der Waals surface area contributed by atoms with Gasteiger partial charge in [0.25, 0.3) is 0 Å². The van der Waals surface area contributed by atoms with E-state index >= 15 is 0 Å². The van der Waals surface area contributed by atoms with Crippen molar-refractivity contribution in [2.45, 2.75) is 32.9 Å². The maximum atomic E-state index is 12.4. The molecule has 1 unspecified atom stereocenters. The summed E-state index contributed by atoms with van der Waals surface area (Å²) >= 11 is 0. The summed E-state index contributed by atoms with van der Waals surface area (Å²) in [6, 6.07) is 12.3. The molecule has 3 N–H and O–H groups in total. The Hall–Kier alpha value is -2.57. The zero-order valence-electron chi connectivity index (χ0n) is 16.2. The van der Waals surface area contributed by atoms with Crippen molar-refractivity contribution < 1.29 is 15.0 Å².